The minimum atomic E-state index is -0.309. The quantitative estimate of drug-likeness (QED) is 0.155. The van der Waals surface area contributed by atoms with E-state index in [1.54, 1.807) is 19.2 Å². The topological polar surface area (TPSA) is 105 Å². The van der Waals surface area contributed by atoms with Crippen molar-refractivity contribution in [2.45, 2.75) is 25.9 Å². The summed E-state index contributed by atoms with van der Waals surface area (Å²) < 4.78 is 7.21. The number of nitrogens with one attached hydrogen (secondary N) is 1. The molecule has 0 bridgehead atoms. The number of aromatic hydroxyl groups is 1. The number of ether oxygens (including phenoxy) is 1. The van der Waals surface area contributed by atoms with Crippen molar-refractivity contribution in [1.29, 1.82) is 0 Å². The van der Waals surface area contributed by atoms with E-state index in [0.29, 0.717) is 16.5 Å². The molecule has 0 saturated carbocycles. The summed E-state index contributed by atoms with van der Waals surface area (Å²) in [6, 6.07) is 21.0. The highest BCUT2D eigenvalue weighted by Crippen LogP contribution is 2.29. The van der Waals surface area contributed by atoms with Gasteiger partial charge in [-0.1, -0.05) is 41.6 Å². The average Bonchev–Trinajstić information content (AvgIpc) is 3.38. The number of benzene rings is 3. The number of hydrazone groups is 1. The van der Waals surface area contributed by atoms with Gasteiger partial charge in [0.1, 0.15) is 11.5 Å². The molecule has 9 nitrogen and oxygen atoms in total. The number of aromatic nitrogens is 3. The number of methoxy groups -OCH3 is 1. The molecule has 1 amide bonds. The van der Waals surface area contributed by atoms with Gasteiger partial charge in [-0.05, 0) is 57.2 Å². The van der Waals surface area contributed by atoms with Crippen molar-refractivity contribution in [3.05, 3.63) is 77.9 Å². The lowest BCUT2D eigenvalue weighted by molar-refractivity contribution is -0.118. The second-order valence-electron chi connectivity index (χ2n) is 8.70. The van der Waals surface area contributed by atoms with E-state index >= 15 is 0 Å². The number of amides is 1. The second-order valence-corrected chi connectivity index (χ2v) is 9.65. The SMILES string of the molecule is CCN(CC)c1ccc(/C=N\NC(=O)CSc2nnc(-c3ccc(C)cc3)n2-c2ccc(OC)cc2)c(O)c1. The highest BCUT2D eigenvalue weighted by molar-refractivity contribution is 7.99. The van der Waals surface area contributed by atoms with E-state index in [0.717, 1.165) is 41.3 Å². The van der Waals surface area contributed by atoms with Crippen LogP contribution in [-0.4, -0.2) is 57.9 Å². The summed E-state index contributed by atoms with van der Waals surface area (Å²) in [5, 5.41) is 23.8. The summed E-state index contributed by atoms with van der Waals surface area (Å²) in [6.07, 6.45) is 1.43. The van der Waals surface area contributed by atoms with Crippen molar-refractivity contribution in [2.24, 2.45) is 5.10 Å². The Balaban J connectivity index is 1.47. The van der Waals surface area contributed by atoms with Gasteiger partial charge in [0, 0.05) is 41.7 Å². The Morgan fingerprint density at radius 2 is 1.79 bits per heavy atom. The predicted molar refractivity (Wildman–Crippen MR) is 156 cm³/mol. The number of anilines is 1. The Hall–Kier alpha value is -4.31. The van der Waals surface area contributed by atoms with Crippen molar-refractivity contribution in [1.82, 2.24) is 20.2 Å². The van der Waals surface area contributed by atoms with E-state index in [-0.39, 0.29) is 17.4 Å². The lowest BCUT2D eigenvalue weighted by atomic mass is 10.1. The van der Waals surface area contributed by atoms with Gasteiger partial charge in [0.05, 0.1) is 19.1 Å². The van der Waals surface area contributed by atoms with Crippen molar-refractivity contribution in [2.75, 3.05) is 30.9 Å². The van der Waals surface area contributed by atoms with Crippen LogP contribution < -0.4 is 15.1 Å². The first-order valence-electron chi connectivity index (χ1n) is 12.6. The van der Waals surface area contributed by atoms with Crippen molar-refractivity contribution in [3.63, 3.8) is 0 Å². The summed E-state index contributed by atoms with van der Waals surface area (Å²) in [4.78, 5) is 14.7. The van der Waals surface area contributed by atoms with Gasteiger partial charge in [-0.3, -0.25) is 9.36 Å². The van der Waals surface area contributed by atoms with E-state index in [1.807, 2.05) is 66.1 Å². The summed E-state index contributed by atoms with van der Waals surface area (Å²) in [5.74, 6) is 1.28. The number of phenols is 1. The molecule has 0 unspecified atom stereocenters. The fourth-order valence-electron chi connectivity index (χ4n) is 3.98. The number of carbonyl (C=O) groups is 1. The van der Waals surface area contributed by atoms with E-state index in [2.05, 4.69) is 39.5 Å². The lowest BCUT2D eigenvalue weighted by Gasteiger charge is -2.21. The first-order valence-corrected chi connectivity index (χ1v) is 13.6. The Morgan fingerprint density at radius 3 is 2.44 bits per heavy atom. The summed E-state index contributed by atoms with van der Waals surface area (Å²) >= 11 is 1.26. The molecule has 0 saturated heterocycles. The number of hydrogen-bond donors (Lipinski definition) is 2. The highest BCUT2D eigenvalue weighted by Gasteiger charge is 2.17. The maximum absolute atomic E-state index is 12.6. The van der Waals surface area contributed by atoms with Crippen molar-refractivity contribution in [3.8, 4) is 28.6 Å². The minimum Gasteiger partial charge on any atom is -0.507 e. The standard InChI is InChI=1S/C29H32N6O3S/c1-5-34(6-2)24-12-11-22(26(36)17-24)18-30-31-27(37)19-39-29-33-32-28(21-9-7-20(3)8-10-21)35(29)23-13-15-25(38-4)16-14-23/h7-18,36H,5-6,19H2,1-4H3,(H,31,37)/b30-18-. The van der Waals surface area contributed by atoms with Gasteiger partial charge >= 0.3 is 0 Å². The molecule has 0 aliphatic carbocycles. The van der Waals surface area contributed by atoms with E-state index < -0.39 is 0 Å². The highest BCUT2D eigenvalue weighted by atomic mass is 32.2. The first kappa shape index (κ1) is 27.7. The number of rotatable bonds is 11. The fourth-order valence-corrected chi connectivity index (χ4v) is 4.72. The minimum absolute atomic E-state index is 0.0758. The third kappa shape index (κ3) is 6.77. The average molecular weight is 545 g/mol. The summed E-state index contributed by atoms with van der Waals surface area (Å²) in [5.41, 5.74) is 6.88. The van der Waals surface area contributed by atoms with Crippen LogP contribution in [0.2, 0.25) is 0 Å². The molecule has 3 aromatic carbocycles. The Morgan fingerprint density at radius 1 is 1.08 bits per heavy atom. The lowest BCUT2D eigenvalue weighted by Crippen LogP contribution is -2.21. The molecule has 0 spiro atoms. The third-order valence-corrected chi connectivity index (χ3v) is 7.07. The van der Waals surface area contributed by atoms with Gasteiger partial charge in [0.15, 0.2) is 11.0 Å². The number of carbonyl (C=O) groups excluding carboxylic acids is 1. The van der Waals surface area contributed by atoms with Crippen LogP contribution in [-0.2, 0) is 4.79 Å². The monoisotopic (exact) mass is 544 g/mol. The van der Waals surface area contributed by atoms with Crippen LogP contribution in [0.3, 0.4) is 0 Å². The van der Waals surface area contributed by atoms with Crippen LogP contribution in [0.25, 0.3) is 17.1 Å². The number of aryl methyl sites for hydroxylation is 1. The zero-order chi connectivity index (χ0) is 27.8. The van der Waals surface area contributed by atoms with Crippen LogP contribution in [0.1, 0.15) is 25.0 Å². The molecule has 0 aliphatic heterocycles. The molecule has 1 heterocycles. The largest absolute Gasteiger partial charge is 0.507 e. The molecule has 0 atom stereocenters. The molecule has 0 aliphatic rings. The Labute approximate surface area is 232 Å². The van der Waals surface area contributed by atoms with Gasteiger partial charge in [-0.15, -0.1) is 10.2 Å². The maximum atomic E-state index is 12.6. The molecule has 0 radical (unpaired) electrons. The number of nitrogens with zero attached hydrogens (tertiary/aromatic N) is 5. The molecule has 0 fully saturated rings. The van der Waals surface area contributed by atoms with Gasteiger partial charge in [0.25, 0.3) is 5.91 Å². The van der Waals surface area contributed by atoms with Crippen LogP contribution in [0, 0.1) is 6.92 Å². The van der Waals surface area contributed by atoms with Gasteiger partial charge < -0.3 is 14.7 Å². The molecule has 202 valence electrons. The zero-order valence-electron chi connectivity index (χ0n) is 22.5. The predicted octanol–water partition coefficient (Wildman–Crippen LogP) is 5.05. The Kier molecular flexibility index (Phi) is 9.22. The van der Waals surface area contributed by atoms with Crippen molar-refractivity contribution >= 4 is 29.6 Å². The molecule has 4 aromatic rings. The van der Waals surface area contributed by atoms with Gasteiger partial charge in [-0.2, -0.15) is 5.10 Å². The van der Waals surface area contributed by atoms with E-state index in [4.69, 9.17) is 4.74 Å². The second kappa shape index (κ2) is 13.0. The van der Waals surface area contributed by atoms with Crippen LogP contribution in [0.15, 0.2) is 77.0 Å². The van der Waals surface area contributed by atoms with Crippen LogP contribution in [0.5, 0.6) is 11.5 Å². The fraction of sp³-hybridized carbons (Fsp3) is 0.241. The number of hydrogen-bond acceptors (Lipinski definition) is 8. The van der Waals surface area contributed by atoms with Gasteiger partial charge in [-0.25, -0.2) is 5.43 Å². The van der Waals surface area contributed by atoms with Crippen molar-refractivity contribution < 1.29 is 14.6 Å². The number of thioether (sulfide) groups is 1. The molecule has 1 aromatic heterocycles. The maximum Gasteiger partial charge on any atom is 0.250 e. The molecular weight excluding hydrogens is 512 g/mol. The van der Waals surface area contributed by atoms with Crippen LogP contribution in [0.4, 0.5) is 5.69 Å². The molecule has 10 heteroatoms. The molecule has 39 heavy (non-hydrogen) atoms. The zero-order valence-corrected chi connectivity index (χ0v) is 23.3. The Bertz CT molecular complexity index is 1430. The first-order chi connectivity index (χ1) is 18.9. The molecule has 4 rings (SSSR count). The summed E-state index contributed by atoms with van der Waals surface area (Å²) in [6.45, 7) is 7.84. The summed E-state index contributed by atoms with van der Waals surface area (Å²) in [7, 11) is 1.62. The number of phenolic OH excluding ortho intramolecular Hbond substituents is 1. The molecule has 2 N–H and O–H groups in total. The molecular formula is C29H32N6O3S. The normalized spacial score (nSPS) is 11.1. The van der Waals surface area contributed by atoms with Gasteiger partial charge in [0.2, 0.25) is 0 Å². The smallest absolute Gasteiger partial charge is 0.250 e. The van der Waals surface area contributed by atoms with E-state index in [9.17, 15) is 9.90 Å². The van der Waals surface area contributed by atoms with E-state index in [1.165, 1.54) is 18.0 Å². The van der Waals surface area contributed by atoms with Crippen LogP contribution >= 0.6 is 11.8 Å². The third-order valence-electron chi connectivity index (χ3n) is 6.14.